The molecule has 2 atom stereocenters. The van der Waals surface area contributed by atoms with Gasteiger partial charge in [0.25, 0.3) is 0 Å². The standard InChI is InChI=1S/C18H22N4O3/c1-13(15-19-9-11-22(15)14-6-4-3-5-7-14)20-17(25)21-10-8-18(2,12-21)16(23)24/h3-7,9,11,13H,8,10,12H2,1-2H3,(H,20,25)(H,23,24). The summed E-state index contributed by atoms with van der Waals surface area (Å²) < 4.78 is 1.93. The molecule has 7 nitrogen and oxygen atoms in total. The molecule has 3 rings (SSSR count). The number of amides is 2. The Kier molecular flexibility index (Phi) is 4.48. The van der Waals surface area contributed by atoms with E-state index in [9.17, 15) is 14.7 Å². The second-order valence-electron chi connectivity index (χ2n) is 6.70. The third-order valence-electron chi connectivity index (χ3n) is 4.71. The monoisotopic (exact) mass is 342 g/mol. The van der Waals surface area contributed by atoms with Gasteiger partial charge in [-0.15, -0.1) is 0 Å². The molecule has 0 aliphatic carbocycles. The van der Waals surface area contributed by atoms with Crippen LogP contribution in [0.3, 0.4) is 0 Å². The average molecular weight is 342 g/mol. The summed E-state index contributed by atoms with van der Waals surface area (Å²) in [4.78, 5) is 29.7. The van der Waals surface area contributed by atoms with Gasteiger partial charge in [0.2, 0.25) is 0 Å². The number of carbonyl (C=O) groups excluding carboxylic acids is 1. The Hall–Kier alpha value is -2.83. The zero-order valence-electron chi connectivity index (χ0n) is 14.3. The van der Waals surface area contributed by atoms with E-state index in [1.807, 2.05) is 48.0 Å². The summed E-state index contributed by atoms with van der Waals surface area (Å²) in [7, 11) is 0. The van der Waals surface area contributed by atoms with Crippen LogP contribution in [-0.2, 0) is 4.79 Å². The van der Waals surface area contributed by atoms with Crippen molar-refractivity contribution in [2.75, 3.05) is 13.1 Å². The number of benzene rings is 1. The van der Waals surface area contributed by atoms with E-state index in [4.69, 9.17) is 0 Å². The third kappa shape index (κ3) is 3.35. The van der Waals surface area contributed by atoms with Gasteiger partial charge in [-0.2, -0.15) is 0 Å². The number of likely N-dealkylation sites (tertiary alicyclic amines) is 1. The zero-order valence-corrected chi connectivity index (χ0v) is 14.3. The molecule has 1 aliphatic heterocycles. The fourth-order valence-electron chi connectivity index (χ4n) is 3.09. The summed E-state index contributed by atoms with van der Waals surface area (Å²) in [5.41, 5.74) is 0.0963. The fraction of sp³-hybridized carbons (Fsp3) is 0.389. The second kappa shape index (κ2) is 6.58. The molecule has 0 bridgehead atoms. The molecule has 1 fully saturated rings. The lowest BCUT2D eigenvalue weighted by atomic mass is 9.90. The maximum absolute atomic E-state index is 12.5. The molecule has 1 saturated heterocycles. The highest BCUT2D eigenvalue weighted by atomic mass is 16.4. The third-order valence-corrected chi connectivity index (χ3v) is 4.71. The maximum atomic E-state index is 12.5. The highest BCUT2D eigenvalue weighted by molar-refractivity contribution is 5.79. The van der Waals surface area contributed by atoms with Crippen LogP contribution < -0.4 is 5.32 Å². The van der Waals surface area contributed by atoms with Crippen molar-refractivity contribution in [3.8, 4) is 5.69 Å². The Morgan fingerprint density at radius 2 is 2.04 bits per heavy atom. The van der Waals surface area contributed by atoms with E-state index >= 15 is 0 Å². The highest BCUT2D eigenvalue weighted by Gasteiger charge is 2.42. The van der Waals surface area contributed by atoms with Crippen LogP contribution in [0.2, 0.25) is 0 Å². The molecular formula is C18H22N4O3. The Morgan fingerprint density at radius 1 is 1.32 bits per heavy atom. The van der Waals surface area contributed by atoms with Gasteiger partial charge in [-0.3, -0.25) is 4.79 Å². The van der Waals surface area contributed by atoms with Crippen molar-refractivity contribution in [2.24, 2.45) is 5.41 Å². The summed E-state index contributed by atoms with van der Waals surface area (Å²) in [6.07, 6.45) is 4.01. The van der Waals surface area contributed by atoms with E-state index in [1.165, 1.54) is 0 Å². The van der Waals surface area contributed by atoms with Gasteiger partial charge < -0.3 is 19.9 Å². The number of nitrogens with one attached hydrogen (secondary N) is 1. The fourth-order valence-corrected chi connectivity index (χ4v) is 3.09. The molecule has 132 valence electrons. The Morgan fingerprint density at radius 3 is 2.68 bits per heavy atom. The van der Waals surface area contributed by atoms with Crippen LogP contribution in [0.25, 0.3) is 5.69 Å². The van der Waals surface area contributed by atoms with Gasteiger partial charge >= 0.3 is 12.0 Å². The van der Waals surface area contributed by atoms with E-state index in [0.29, 0.717) is 13.0 Å². The van der Waals surface area contributed by atoms with Gasteiger partial charge in [-0.05, 0) is 32.4 Å². The zero-order chi connectivity index (χ0) is 18.0. The van der Waals surface area contributed by atoms with Crippen LogP contribution >= 0.6 is 0 Å². The van der Waals surface area contributed by atoms with Crippen molar-refractivity contribution in [3.05, 3.63) is 48.5 Å². The number of carboxylic acid groups (broad SMARTS) is 1. The van der Waals surface area contributed by atoms with Gasteiger partial charge in [-0.25, -0.2) is 9.78 Å². The number of imidazole rings is 1. The molecule has 25 heavy (non-hydrogen) atoms. The lowest BCUT2D eigenvalue weighted by Crippen LogP contribution is -2.42. The van der Waals surface area contributed by atoms with Crippen molar-refractivity contribution in [3.63, 3.8) is 0 Å². The number of carboxylic acids is 1. The van der Waals surface area contributed by atoms with E-state index in [1.54, 1.807) is 18.0 Å². The van der Waals surface area contributed by atoms with Gasteiger partial charge in [0.15, 0.2) is 0 Å². The largest absolute Gasteiger partial charge is 0.481 e. The first-order chi connectivity index (χ1) is 11.9. The van der Waals surface area contributed by atoms with Crippen LogP contribution in [0.1, 0.15) is 32.1 Å². The molecule has 1 aromatic heterocycles. The predicted molar refractivity (Wildman–Crippen MR) is 92.4 cm³/mol. The Bertz CT molecular complexity index is 774. The molecule has 0 spiro atoms. The van der Waals surface area contributed by atoms with Gasteiger partial charge in [0, 0.05) is 31.2 Å². The number of hydrogen-bond acceptors (Lipinski definition) is 3. The minimum absolute atomic E-state index is 0.216. The molecule has 2 unspecified atom stereocenters. The maximum Gasteiger partial charge on any atom is 0.318 e. The van der Waals surface area contributed by atoms with Gasteiger partial charge in [-0.1, -0.05) is 18.2 Å². The summed E-state index contributed by atoms with van der Waals surface area (Å²) in [5, 5.41) is 12.2. The first-order valence-electron chi connectivity index (χ1n) is 8.28. The molecular weight excluding hydrogens is 320 g/mol. The molecule has 2 amide bonds. The number of urea groups is 1. The van der Waals surface area contributed by atoms with Crippen molar-refractivity contribution >= 4 is 12.0 Å². The topological polar surface area (TPSA) is 87.5 Å². The molecule has 2 aromatic rings. The van der Waals surface area contributed by atoms with Gasteiger partial charge in [0.1, 0.15) is 5.82 Å². The van der Waals surface area contributed by atoms with Crippen LogP contribution in [0.5, 0.6) is 0 Å². The summed E-state index contributed by atoms with van der Waals surface area (Å²) in [5.74, 6) is -0.143. The second-order valence-corrected chi connectivity index (χ2v) is 6.70. The Balaban J connectivity index is 1.70. The van der Waals surface area contributed by atoms with Crippen molar-refractivity contribution in [1.82, 2.24) is 19.8 Å². The predicted octanol–water partition coefficient (Wildman–Crippen LogP) is 2.44. The average Bonchev–Trinajstić information content (AvgIpc) is 3.23. The van der Waals surface area contributed by atoms with Crippen LogP contribution in [0.15, 0.2) is 42.7 Å². The number of para-hydroxylation sites is 1. The molecule has 7 heteroatoms. The van der Waals surface area contributed by atoms with E-state index < -0.39 is 11.4 Å². The SMILES string of the molecule is CC(NC(=O)N1CCC(C)(C(=O)O)C1)c1nccn1-c1ccccc1. The first kappa shape index (κ1) is 17.0. The van der Waals surface area contributed by atoms with Gasteiger partial charge in [0.05, 0.1) is 11.5 Å². The van der Waals surface area contributed by atoms with Crippen molar-refractivity contribution in [2.45, 2.75) is 26.3 Å². The number of hydrogen-bond donors (Lipinski definition) is 2. The molecule has 2 heterocycles. The summed E-state index contributed by atoms with van der Waals surface area (Å²) in [6.45, 7) is 4.20. The highest BCUT2D eigenvalue weighted by Crippen LogP contribution is 2.30. The molecule has 1 aromatic carbocycles. The Labute approximate surface area is 146 Å². The van der Waals surface area contributed by atoms with Crippen molar-refractivity contribution in [1.29, 1.82) is 0 Å². The quantitative estimate of drug-likeness (QED) is 0.893. The minimum Gasteiger partial charge on any atom is -0.481 e. The molecule has 0 radical (unpaired) electrons. The van der Waals surface area contributed by atoms with Crippen molar-refractivity contribution < 1.29 is 14.7 Å². The van der Waals surface area contributed by atoms with Crippen LogP contribution in [0, 0.1) is 5.41 Å². The molecule has 0 saturated carbocycles. The minimum atomic E-state index is -0.872. The molecule has 1 aliphatic rings. The summed E-state index contributed by atoms with van der Waals surface area (Å²) >= 11 is 0. The lowest BCUT2D eigenvalue weighted by molar-refractivity contribution is -0.147. The van der Waals surface area contributed by atoms with E-state index in [-0.39, 0.29) is 18.6 Å². The van der Waals surface area contributed by atoms with E-state index in [2.05, 4.69) is 10.3 Å². The number of rotatable bonds is 4. The lowest BCUT2D eigenvalue weighted by Gasteiger charge is -2.23. The summed E-state index contributed by atoms with van der Waals surface area (Å²) in [6, 6.07) is 9.20. The number of nitrogens with zero attached hydrogens (tertiary/aromatic N) is 3. The normalized spacial score (nSPS) is 21.1. The van der Waals surface area contributed by atoms with Crippen LogP contribution in [-0.4, -0.2) is 44.6 Å². The smallest absolute Gasteiger partial charge is 0.318 e. The number of aromatic nitrogens is 2. The van der Waals surface area contributed by atoms with E-state index in [0.717, 1.165) is 11.5 Å². The molecule has 2 N–H and O–H groups in total. The number of carbonyl (C=O) groups is 2. The first-order valence-corrected chi connectivity index (χ1v) is 8.28. The number of aliphatic carboxylic acids is 1. The van der Waals surface area contributed by atoms with Crippen LogP contribution in [0.4, 0.5) is 4.79 Å².